The number of aryl methyl sites for hydroxylation is 1. The van der Waals surface area contributed by atoms with Crippen molar-refractivity contribution in [2.75, 3.05) is 6.61 Å². The molecule has 1 N–H and O–H groups in total. The molecule has 8 nitrogen and oxygen atoms in total. The molecule has 0 bridgehead atoms. The zero-order valence-corrected chi connectivity index (χ0v) is 13.5. The lowest BCUT2D eigenvalue weighted by atomic mass is 10.1. The van der Waals surface area contributed by atoms with Crippen LogP contribution in [0.1, 0.15) is 54.0 Å². The summed E-state index contributed by atoms with van der Waals surface area (Å²) in [6.07, 6.45) is 1.44. The number of rotatable bonds is 4. The van der Waals surface area contributed by atoms with Crippen LogP contribution in [0.2, 0.25) is 0 Å². The van der Waals surface area contributed by atoms with Gasteiger partial charge >= 0.3 is 11.9 Å². The third-order valence-electron chi connectivity index (χ3n) is 3.69. The number of fused-ring (bicyclic) bond motifs is 1. The lowest BCUT2D eigenvalue weighted by Crippen LogP contribution is -2.33. The van der Waals surface area contributed by atoms with Crippen LogP contribution in [0.3, 0.4) is 0 Å². The first-order valence-corrected chi connectivity index (χ1v) is 7.51. The molecule has 0 atom stereocenters. The van der Waals surface area contributed by atoms with E-state index in [1.807, 2.05) is 0 Å². The van der Waals surface area contributed by atoms with Gasteiger partial charge in [-0.05, 0) is 31.5 Å². The van der Waals surface area contributed by atoms with Crippen LogP contribution in [0.4, 0.5) is 0 Å². The Bertz CT molecular complexity index is 863. The summed E-state index contributed by atoms with van der Waals surface area (Å²) in [5, 5.41) is 0.397. The maximum absolute atomic E-state index is 12.5. The van der Waals surface area contributed by atoms with Crippen LogP contribution in [0.15, 0.2) is 30.5 Å². The normalized spacial score (nSPS) is 13.0. The summed E-state index contributed by atoms with van der Waals surface area (Å²) >= 11 is 0. The molecule has 1 aliphatic rings. The fourth-order valence-corrected chi connectivity index (χ4v) is 2.53. The minimum Gasteiger partial charge on any atom is -0.461 e. The molecule has 0 radical (unpaired) electrons. The van der Waals surface area contributed by atoms with Crippen molar-refractivity contribution in [1.29, 1.82) is 0 Å². The van der Waals surface area contributed by atoms with Gasteiger partial charge < -0.3 is 14.6 Å². The molecule has 0 spiro atoms. The number of hydroxylamine groups is 2. The molecular weight excluding hydrogens is 328 g/mol. The maximum atomic E-state index is 12.5. The number of aromatic amines is 1. The highest BCUT2D eigenvalue weighted by atomic mass is 16.7. The molecule has 0 saturated heterocycles. The average Bonchev–Trinajstić information content (AvgIpc) is 3.09. The van der Waals surface area contributed by atoms with E-state index >= 15 is 0 Å². The quantitative estimate of drug-likeness (QED) is 0.671. The van der Waals surface area contributed by atoms with Crippen molar-refractivity contribution in [3.05, 3.63) is 58.4 Å². The minimum atomic E-state index is -1.00. The van der Waals surface area contributed by atoms with Gasteiger partial charge in [0.15, 0.2) is 0 Å². The Labute approximate surface area is 142 Å². The van der Waals surface area contributed by atoms with Crippen molar-refractivity contribution in [2.45, 2.75) is 13.8 Å². The maximum Gasteiger partial charge on any atom is 0.366 e. The number of aromatic nitrogens is 1. The lowest BCUT2D eigenvalue weighted by molar-refractivity contribution is -0.0585. The smallest absolute Gasteiger partial charge is 0.366 e. The standard InChI is InChI=1S/C17H14N2O6/c1-3-24-17(23)13-12(9(2)8-18-13)16(22)25-19-14(20)10-6-4-5-7-11(10)15(19)21/h4-8,18H,3H2,1-2H3. The monoisotopic (exact) mass is 342 g/mol. The van der Waals surface area contributed by atoms with E-state index < -0.39 is 23.8 Å². The molecule has 0 unspecified atom stereocenters. The van der Waals surface area contributed by atoms with Crippen molar-refractivity contribution >= 4 is 23.8 Å². The summed E-state index contributed by atoms with van der Waals surface area (Å²) < 4.78 is 4.87. The molecule has 2 aromatic rings. The number of amides is 2. The highest BCUT2D eigenvalue weighted by Gasteiger charge is 2.39. The van der Waals surface area contributed by atoms with Gasteiger partial charge in [-0.15, -0.1) is 0 Å². The predicted octanol–water partition coefficient (Wildman–Crippen LogP) is 1.87. The highest BCUT2D eigenvalue weighted by molar-refractivity contribution is 6.21. The van der Waals surface area contributed by atoms with Crippen molar-refractivity contribution in [2.24, 2.45) is 0 Å². The zero-order valence-electron chi connectivity index (χ0n) is 13.5. The third-order valence-corrected chi connectivity index (χ3v) is 3.69. The number of nitrogens with one attached hydrogen (secondary N) is 1. The molecule has 0 saturated carbocycles. The molecule has 0 fully saturated rings. The first-order chi connectivity index (χ1) is 12.0. The summed E-state index contributed by atoms with van der Waals surface area (Å²) in [5.41, 5.74) is 0.536. The lowest BCUT2D eigenvalue weighted by Gasteiger charge is -2.13. The van der Waals surface area contributed by atoms with Gasteiger partial charge in [0.05, 0.1) is 23.3 Å². The van der Waals surface area contributed by atoms with Crippen LogP contribution in [-0.2, 0) is 9.57 Å². The van der Waals surface area contributed by atoms with E-state index in [1.54, 1.807) is 26.0 Å². The van der Waals surface area contributed by atoms with Gasteiger partial charge in [0, 0.05) is 6.20 Å². The van der Waals surface area contributed by atoms with Gasteiger partial charge in [-0.3, -0.25) is 9.59 Å². The van der Waals surface area contributed by atoms with Gasteiger partial charge in [0.1, 0.15) is 5.69 Å². The Morgan fingerprint density at radius 3 is 2.24 bits per heavy atom. The molecule has 2 heterocycles. The van der Waals surface area contributed by atoms with Gasteiger partial charge in [0.2, 0.25) is 0 Å². The number of ether oxygens (including phenoxy) is 1. The number of esters is 1. The van der Waals surface area contributed by atoms with Crippen LogP contribution in [0.25, 0.3) is 0 Å². The second-order valence-corrected chi connectivity index (χ2v) is 5.27. The van der Waals surface area contributed by atoms with Gasteiger partial charge in [-0.1, -0.05) is 17.2 Å². The number of carbonyl (C=O) groups excluding carboxylic acids is 4. The molecule has 3 rings (SSSR count). The zero-order chi connectivity index (χ0) is 18.1. The van der Waals surface area contributed by atoms with Gasteiger partial charge in [-0.25, -0.2) is 9.59 Å². The Kier molecular flexibility index (Phi) is 4.10. The van der Waals surface area contributed by atoms with Crippen molar-refractivity contribution in [1.82, 2.24) is 10.0 Å². The summed E-state index contributed by atoms with van der Waals surface area (Å²) in [6, 6.07) is 6.14. The average molecular weight is 342 g/mol. The molecule has 0 aliphatic carbocycles. The molecule has 1 aromatic heterocycles. The SMILES string of the molecule is CCOC(=O)c1[nH]cc(C)c1C(=O)ON1C(=O)c2ccccc2C1=O. The fraction of sp³-hybridized carbons (Fsp3) is 0.176. The molecular formula is C17H14N2O6. The van der Waals surface area contributed by atoms with Crippen molar-refractivity contribution in [3.63, 3.8) is 0 Å². The van der Waals surface area contributed by atoms with Crippen LogP contribution in [0.5, 0.6) is 0 Å². The Balaban J connectivity index is 1.87. The molecule has 25 heavy (non-hydrogen) atoms. The highest BCUT2D eigenvalue weighted by Crippen LogP contribution is 2.24. The predicted molar refractivity (Wildman–Crippen MR) is 83.8 cm³/mol. The Hall–Kier alpha value is -3.42. The third kappa shape index (κ3) is 2.67. The first-order valence-electron chi connectivity index (χ1n) is 7.51. The van der Waals surface area contributed by atoms with E-state index in [0.717, 1.165) is 0 Å². The van der Waals surface area contributed by atoms with Gasteiger partial charge in [-0.2, -0.15) is 0 Å². The number of carbonyl (C=O) groups is 4. The van der Waals surface area contributed by atoms with E-state index in [9.17, 15) is 19.2 Å². The molecule has 2 amide bonds. The van der Waals surface area contributed by atoms with Crippen LogP contribution >= 0.6 is 0 Å². The van der Waals surface area contributed by atoms with Crippen LogP contribution < -0.4 is 0 Å². The summed E-state index contributed by atoms with van der Waals surface area (Å²) in [4.78, 5) is 56.5. The Morgan fingerprint density at radius 1 is 1.08 bits per heavy atom. The van der Waals surface area contributed by atoms with E-state index in [2.05, 4.69) is 4.98 Å². The second-order valence-electron chi connectivity index (χ2n) is 5.27. The topological polar surface area (TPSA) is 106 Å². The van der Waals surface area contributed by atoms with E-state index in [1.165, 1.54) is 18.3 Å². The summed E-state index contributed by atoms with van der Waals surface area (Å²) in [6.45, 7) is 3.34. The van der Waals surface area contributed by atoms with Crippen LogP contribution in [-0.4, -0.2) is 40.4 Å². The number of hydrogen-bond donors (Lipinski definition) is 1. The second kappa shape index (κ2) is 6.23. The fourth-order valence-electron chi connectivity index (χ4n) is 2.53. The number of imide groups is 1. The summed E-state index contributed by atoms with van der Waals surface area (Å²) in [5.74, 6) is -3.21. The molecule has 128 valence electrons. The van der Waals surface area contributed by atoms with Crippen molar-refractivity contribution in [3.8, 4) is 0 Å². The largest absolute Gasteiger partial charge is 0.461 e. The Morgan fingerprint density at radius 2 is 1.68 bits per heavy atom. The molecule has 8 heteroatoms. The van der Waals surface area contributed by atoms with E-state index in [4.69, 9.17) is 9.57 Å². The van der Waals surface area contributed by atoms with Crippen molar-refractivity contribution < 1.29 is 28.8 Å². The number of H-pyrrole nitrogens is 1. The van der Waals surface area contributed by atoms with Gasteiger partial charge in [0.25, 0.3) is 11.8 Å². The van der Waals surface area contributed by atoms with E-state index in [0.29, 0.717) is 10.6 Å². The molecule has 1 aromatic carbocycles. The minimum absolute atomic E-state index is 0.0880. The number of nitrogens with zero attached hydrogens (tertiary/aromatic N) is 1. The van der Waals surface area contributed by atoms with Crippen LogP contribution in [0, 0.1) is 6.92 Å². The summed E-state index contributed by atoms with van der Waals surface area (Å²) in [7, 11) is 0. The number of hydrogen-bond acceptors (Lipinski definition) is 6. The first kappa shape index (κ1) is 16.4. The molecule has 1 aliphatic heterocycles. The van der Waals surface area contributed by atoms with E-state index in [-0.39, 0.29) is 29.0 Å². The number of benzene rings is 1.